The van der Waals surface area contributed by atoms with Crippen molar-refractivity contribution in [2.45, 2.75) is 19.9 Å². The molecule has 0 aliphatic rings. The Hall–Kier alpha value is -3.00. The van der Waals surface area contributed by atoms with Gasteiger partial charge in [-0.15, -0.1) is 0 Å². The first-order valence-electron chi connectivity index (χ1n) is 8.10. The summed E-state index contributed by atoms with van der Waals surface area (Å²) in [6.07, 6.45) is 3.28. The fraction of sp³-hybridized carbons (Fsp3) is 0.235. The molecule has 0 aliphatic heterocycles. The van der Waals surface area contributed by atoms with Gasteiger partial charge in [0.1, 0.15) is 6.04 Å². The maximum Gasteiger partial charge on any atom is 0.328 e. The van der Waals surface area contributed by atoms with Crippen molar-refractivity contribution in [2.75, 3.05) is 6.61 Å². The maximum atomic E-state index is 12.1. The molecule has 3 aromatic heterocycles. The molecule has 0 N–H and O–H groups in total. The Morgan fingerprint density at radius 2 is 2.12 bits per heavy atom. The van der Waals surface area contributed by atoms with E-state index in [9.17, 15) is 4.79 Å². The summed E-state index contributed by atoms with van der Waals surface area (Å²) >= 11 is 6.15. The van der Waals surface area contributed by atoms with Gasteiger partial charge in [-0.2, -0.15) is 15.1 Å². The second kappa shape index (κ2) is 6.38. The summed E-state index contributed by atoms with van der Waals surface area (Å²) in [5.41, 5.74) is 1.82. The number of esters is 1. The molecular weight excluding hydrogens is 356 g/mol. The van der Waals surface area contributed by atoms with Crippen LogP contribution < -0.4 is 0 Å². The number of halogens is 1. The summed E-state index contributed by atoms with van der Waals surface area (Å²) in [7, 11) is 0. The molecule has 3 heterocycles. The van der Waals surface area contributed by atoms with E-state index in [-0.39, 0.29) is 11.3 Å². The van der Waals surface area contributed by atoms with Crippen LogP contribution in [0.3, 0.4) is 0 Å². The monoisotopic (exact) mass is 370 g/mol. The zero-order valence-electron chi connectivity index (χ0n) is 14.1. The van der Waals surface area contributed by atoms with Gasteiger partial charge < -0.3 is 9.30 Å². The molecule has 4 rings (SSSR count). The highest BCUT2D eigenvalue weighted by Gasteiger charge is 2.22. The topological polar surface area (TPSA) is 87.7 Å². The molecule has 0 aliphatic carbocycles. The number of benzene rings is 1. The molecule has 8 nitrogen and oxygen atoms in total. The average molecular weight is 371 g/mol. The van der Waals surface area contributed by atoms with Gasteiger partial charge in [0.2, 0.25) is 5.28 Å². The van der Waals surface area contributed by atoms with E-state index in [2.05, 4.69) is 20.1 Å². The number of hydrogen-bond acceptors (Lipinski definition) is 6. The molecule has 0 bridgehead atoms. The molecule has 0 fully saturated rings. The molecule has 0 spiro atoms. The number of para-hydroxylation sites is 1. The van der Waals surface area contributed by atoms with E-state index in [1.54, 1.807) is 29.3 Å². The number of hydrogen-bond donors (Lipinski definition) is 0. The first-order valence-corrected chi connectivity index (χ1v) is 8.47. The van der Waals surface area contributed by atoms with Crippen LogP contribution in [0.4, 0.5) is 0 Å². The molecule has 1 atom stereocenters. The Morgan fingerprint density at radius 3 is 2.92 bits per heavy atom. The molecule has 26 heavy (non-hydrogen) atoms. The van der Waals surface area contributed by atoms with E-state index in [0.717, 1.165) is 10.9 Å². The third kappa shape index (κ3) is 2.59. The highest BCUT2D eigenvalue weighted by atomic mass is 35.5. The Kier molecular flexibility index (Phi) is 4.04. The summed E-state index contributed by atoms with van der Waals surface area (Å²) < 4.78 is 8.37. The van der Waals surface area contributed by atoms with Crippen LogP contribution in [0.15, 0.2) is 36.8 Å². The smallest absolute Gasteiger partial charge is 0.328 e. The summed E-state index contributed by atoms with van der Waals surface area (Å²) in [5.74, 6) is 0.0867. The van der Waals surface area contributed by atoms with Crippen molar-refractivity contribution >= 4 is 39.6 Å². The van der Waals surface area contributed by atoms with Crippen molar-refractivity contribution in [3.8, 4) is 5.82 Å². The van der Waals surface area contributed by atoms with Crippen LogP contribution in [0.5, 0.6) is 0 Å². The molecule has 1 aromatic carbocycles. The molecule has 4 aromatic rings. The largest absolute Gasteiger partial charge is 0.464 e. The van der Waals surface area contributed by atoms with E-state index in [0.29, 0.717) is 23.6 Å². The van der Waals surface area contributed by atoms with E-state index in [4.69, 9.17) is 16.3 Å². The summed E-state index contributed by atoms with van der Waals surface area (Å²) in [4.78, 5) is 25.1. The summed E-state index contributed by atoms with van der Waals surface area (Å²) in [5, 5.41) is 5.42. The first-order chi connectivity index (χ1) is 12.6. The number of nitrogens with zero attached hydrogens (tertiary/aromatic N) is 6. The molecule has 0 radical (unpaired) electrons. The number of imidazole rings is 1. The Labute approximate surface area is 153 Å². The van der Waals surface area contributed by atoms with Crippen molar-refractivity contribution in [3.05, 3.63) is 42.1 Å². The number of ether oxygens (including phenoxy) is 1. The normalized spacial score (nSPS) is 12.6. The predicted molar refractivity (Wildman–Crippen MR) is 96.3 cm³/mol. The number of aromatic nitrogens is 6. The second-order valence-corrected chi connectivity index (χ2v) is 6.02. The number of carbonyl (C=O) groups excluding carboxylic acids is 1. The van der Waals surface area contributed by atoms with Gasteiger partial charge in [-0.25, -0.2) is 14.5 Å². The van der Waals surface area contributed by atoms with E-state index < -0.39 is 6.04 Å². The third-order valence-electron chi connectivity index (χ3n) is 4.10. The number of rotatable bonds is 4. The molecule has 0 saturated heterocycles. The van der Waals surface area contributed by atoms with Crippen LogP contribution in [-0.4, -0.2) is 41.9 Å². The van der Waals surface area contributed by atoms with Crippen molar-refractivity contribution in [2.24, 2.45) is 0 Å². The van der Waals surface area contributed by atoms with Crippen molar-refractivity contribution in [3.63, 3.8) is 0 Å². The Bertz CT molecular complexity index is 1120. The van der Waals surface area contributed by atoms with Crippen LogP contribution in [0.25, 0.3) is 27.9 Å². The van der Waals surface area contributed by atoms with Gasteiger partial charge in [-0.3, -0.25) is 0 Å². The van der Waals surface area contributed by atoms with Crippen LogP contribution in [0.2, 0.25) is 5.28 Å². The van der Waals surface area contributed by atoms with Gasteiger partial charge in [0.05, 0.1) is 24.6 Å². The molecular formula is C17H15ClN6O2. The lowest BCUT2D eigenvalue weighted by Crippen LogP contribution is -2.19. The lowest BCUT2D eigenvalue weighted by Gasteiger charge is -2.12. The SMILES string of the molecule is CCOC(=O)C(C)n1cnc2c(-n3ncc4ccccc43)nc(Cl)nc21. The van der Waals surface area contributed by atoms with Gasteiger partial charge in [0.15, 0.2) is 17.0 Å². The zero-order chi connectivity index (χ0) is 18.3. The number of fused-ring (bicyclic) bond motifs is 2. The third-order valence-corrected chi connectivity index (χ3v) is 4.27. The molecule has 9 heteroatoms. The van der Waals surface area contributed by atoms with Crippen molar-refractivity contribution < 1.29 is 9.53 Å². The second-order valence-electron chi connectivity index (χ2n) is 5.68. The highest BCUT2D eigenvalue weighted by Crippen LogP contribution is 2.25. The van der Waals surface area contributed by atoms with Gasteiger partial charge in [-0.05, 0) is 31.5 Å². The lowest BCUT2D eigenvalue weighted by atomic mass is 10.2. The lowest BCUT2D eigenvalue weighted by molar-refractivity contribution is -0.146. The van der Waals surface area contributed by atoms with E-state index >= 15 is 0 Å². The first kappa shape index (κ1) is 16.5. The van der Waals surface area contributed by atoms with Gasteiger partial charge in [0.25, 0.3) is 0 Å². The van der Waals surface area contributed by atoms with Crippen LogP contribution in [0.1, 0.15) is 19.9 Å². The minimum Gasteiger partial charge on any atom is -0.464 e. The average Bonchev–Trinajstić information content (AvgIpc) is 3.24. The van der Waals surface area contributed by atoms with Gasteiger partial charge in [-0.1, -0.05) is 18.2 Å². The van der Waals surface area contributed by atoms with Crippen molar-refractivity contribution in [1.82, 2.24) is 29.3 Å². The summed E-state index contributed by atoms with van der Waals surface area (Å²) in [6, 6.07) is 7.16. The zero-order valence-corrected chi connectivity index (χ0v) is 14.9. The molecule has 1 unspecified atom stereocenters. The molecule has 132 valence electrons. The standard InChI is InChI=1S/C17H15ClN6O2/c1-3-26-16(25)10(2)23-9-19-13-14(23)21-17(18)22-15(13)24-12-7-5-4-6-11(12)8-20-24/h4-10H,3H2,1-2H3. The van der Waals surface area contributed by atoms with Crippen LogP contribution >= 0.6 is 11.6 Å². The minimum absolute atomic E-state index is 0.0462. The van der Waals surface area contributed by atoms with E-state index in [1.807, 2.05) is 24.3 Å². The molecule has 0 saturated carbocycles. The van der Waals surface area contributed by atoms with Crippen LogP contribution in [-0.2, 0) is 9.53 Å². The maximum absolute atomic E-state index is 12.1. The summed E-state index contributed by atoms with van der Waals surface area (Å²) in [6.45, 7) is 3.78. The predicted octanol–water partition coefficient (Wildman–Crippen LogP) is 2.94. The van der Waals surface area contributed by atoms with Crippen molar-refractivity contribution in [1.29, 1.82) is 0 Å². The van der Waals surface area contributed by atoms with Gasteiger partial charge >= 0.3 is 5.97 Å². The Morgan fingerprint density at radius 1 is 1.31 bits per heavy atom. The highest BCUT2D eigenvalue weighted by molar-refractivity contribution is 6.28. The fourth-order valence-corrected chi connectivity index (χ4v) is 2.98. The quantitative estimate of drug-likeness (QED) is 0.405. The van der Waals surface area contributed by atoms with E-state index in [1.165, 1.54) is 6.33 Å². The minimum atomic E-state index is -0.590. The van der Waals surface area contributed by atoms with Crippen LogP contribution in [0, 0.1) is 0 Å². The Balaban J connectivity index is 1.91. The van der Waals surface area contributed by atoms with Gasteiger partial charge in [0, 0.05) is 5.39 Å². The fourth-order valence-electron chi connectivity index (χ4n) is 2.82. The number of carbonyl (C=O) groups is 1. The molecule has 0 amide bonds.